The Labute approximate surface area is 164 Å². The maximum absolute atomic E-state index is 6.68. The highest BCUT2D eigenvalue weighted by atomic mass is 16.5. The zero-order valence-corrected chi connectivity index (χ0v) is 15.6. The molecule has 28 heavy (non-hydrogen) atoms. The first kappa shape index (κ1) is 16.6. The molecule has 1 aliphatic heterocycles. The summed E-state index contributed by atoms with van der Waals surface area (Å²) >= 11 is 0. The minimum absolute atomic E-state index is 0.204. The van der Waals surface area contributed by atoms with Crippen LogP contribution in [-0.4, -0.2) is 9.78 Å². The second-order valence-electron chi connectivity index (χ2n) is 6.94. The summed E-state index contributed by atoms with van der Waals surface area (Å²) < 4.78 is 8.73. The van der Waals surface area contributed by atoms with Gasteiger partial charge in [-0.15, -0.1) is 0 Å². The lowest BCUT2D eigenvalue weighted by Gasteiger charge is -2.30. The number of aryl methyl sites for hydroxylation is 1. The Morgan fingerprint density at radius 3 is 1.96 bits per heavy atom. The number of benzene rings is 3. The number of hydrogen-bond acceptors (Lipinski definition) is 2. The van der Waals surface area contributed by atoms with Gasteiger partial charge in [0.05, 0.1) is 11.4 Å². The Morgan fingerprint density at radius 1 is 0.750 bits per heavy atom. The van der Waals surface area contributed by atoms with Gasteiger partial charge in [0.15, 0.2) is 11.9 Å². The molecule has 0 aliphatic carbocycles. The minimum atomic E-state index is -0.204. The SMILES string of the molecule is Cc1cc2n(n1)C(c1ccccc1)=C(c1ccccc1)OC2c1ccccc1. The Kier molecular flexibility index (Phi) is 4.06. The average Bonchev–Trinajstić information content (AvgIpc) is 3.15. The molecule has 1 atom stereocenters. The molecule has 136 valence electrons. The fraction of sp³-hybridized carbons (Fsp3) is 0.0800. The van der Waals surface area contributed by atoms with Crippen LogP contribution in [0.2, 0.25) is 0 Å². The summed E-state index contributed by atoms with van der Waals surface area (Å²) in [4.78, 5) is 0. The van der Waals surface area contributed by atoms with Crippen LogP contribution in [0.15, 0.2) is 97.1 Å². The summed E-state index contributed by atoms with van der Waals surface area (Å²) in [5, 5.41) is 4.84. The van der Waals surface area contributed by atoms with Gasteiger partial charge in [-0.2, -0.15) is 5.10 Å². The van der Waals surface area contributed by atoms with E-state index >= 15 is 0 Å². The number of rotatable bonds is 3. The first-order valence-electron chi connectivity index (χ1n) is 9.45. The predicted molar refractivity (Wildman–Crippen MR) is 111 cm³/mol. The molecule has 0 amide bonds. The van der Waals surface area contributed by atoms with Crippen LogP contribution in [0, 0.1) is 6.92 Å². The molecule has 1 aliphatic rings. The standard InChI is InChI=1S/C25H20N2O/c1-18-17-22-24(20-13-7-3-8-14-20)28-25(21-15-9-4-10-16-21)23(27(22)26-18)19-11-5-2-6-12-19/h2-17,24H,1H3. The van der Waals surface area contributed by atoms with Crippen LogP contribution in [0.3, 0.4) is 0 Å². The van der Waals surface area contributed by atoms with Crippen LogP contribution in [-0.2, 0) is 4.74 Å². The van der Waals surface area contributed by atoms with Gasteiger partial charge in [-0.25, -0.2) is 4.68 Å². The van der Waals surface area contributed by atoms with E-state index in [0.717, 1.165) is 39.5 Å². The maximum Gasteiger partial charge on any atom is 0.166 e. The van der Waals surface area contributed by atoms with E-state index in [-0.39, 0.29) is 6.10 Å². The summed E-state index contributed by atoms with van der Waals surface area (Å²) in [5.41, 5.74) is 6.23. The zero-order chi connectivity index (χ0) is 18.9. The van der Waals surface area contributed by atoms with Crippen molar-refractivity contribution >= 4 is 11.5 Å². The largest absolute Gasteiger partial charge is 0.476 e. The van der Waals surface area contributed by atoms with E-state index in [9.17, 15) is 0 Å². The second-order valence-corrected chi connectivity index (χ2v) is 6.94. The van der Waals surface area contributed by atoms with Crippen molar-refractivity contribution in [1.82, 2.24) is 9.78 Å². The molecule has 2 heterocycles. The van der Waals surface area contributed by atoms with Gasteiger partial charge in [-0.05, 0) is 18.6 Å². The van der Waals surface area contributed by atoms with E-state index in [1.165, 1.54) is 0 Å². The lowest BCUT2D eigenvalue weighted by Crippen LogP contribution is -2.20. The van der Waals surface area contributed by atoms with Crippen LogP contribution in [0.1, 0.15) is 34.2 Å². The number of aromatic nitrogens is 2. The summed E-state index contributed by atoms with van der Waals surface area (Å²) in [6.45, 7) is 2.03. The molecule has 1 unspecified atom stereocenters. The van der Waals surface area contributed by atoms with Crippen molar-refractivity contribution in [3.8, 4) is 0 Å². The van der Waals surface area contributed by atoms with E-state index in [2.05, 4.69) is 42.5 Å². The quantitative estimate of drug-likeness (QED) is 0.467. The molecule has 0 fully saturated rings. The van der Waals surface area contributed by atoms with Crippen molar-refractivity contribution in [3.05, 3.63) is 125 Å². The smallest absolute Gasteiger partial charge is 0.166 e. The van der Waals surface area contributed by atoms with Crippen molar-refractivity contribution in [1.29, 1.82) is 0 Å². The Hall–Kier alpha value is -3.59. The third-order valence-electron chi connectivity index (χ3n) is 4.98. The molecule has 5 rings (SSSR count). The first-order valence-corrected chi connectivity index (χ1v) is 9.45. The normalized spacial score (nSPS) is 15.8. The molecule has 0 radical (unpaired) electrons. The number of hydrogen-bond donors (Lipinski definition) is 0. The van der Waals surface area contributed by atoms with Gasteiger partial charge in [-0.1, -0.05) is 91.0 Å². The van der Waals surface area contributed by atoms with Gasteiger partial charge in [0.1, 0.15) is 5.70 Å². The van der Waals surface area contributed by atoms with Gasteiger partial charge in [0.25, 0.3) is 0 Å². The van der Waals surface area contributed by atoms with Crippen LogP contribution in [0.4, 0.5) is 0 Å². The van der Waals surface area contributed by atoms with Crippen molar-refractivity contribution < 1.29 is 4.74 Å². The Balaban J connectivity index is 1.79. The molecule has 1 aromatic heterocycles. The minimum Gasteiger partial charge on any atom is -0.476 e. The van der Waals surface area contributed by atoms with E-state index in [4.69, 9.17) is 9.84 Å². The van der Waals surface area contributed by atoms with Gasteiger partial charge in [0, 0.05) is 11.1 Å². The van der Waals surface area contributed by atoms with Gasteiger partial charge in [-0.3, -0.25) is 0 Å². The lowest BCUT2D eigenvalue weighted by molar-refractivity contribution is 0.192. The fourth-order valence-corrected chi connectivity index (χ4v) is 3.73. The molecular weight excluding hydrogens is 344 g/mol. The second kappa shape index (κ2) is 6.86. The number of fused-ring (bicyclic) bond motifs is 1. The van der Waals surface area contributed by atoms with E-state index in [1.54, 1.807) is 0 Å². The van der Waals surface area contributed by atoms with E-state index in [0.29, 0.717) is 0 Å². The van der Waals surface area contributed by atoms with Gasteiger partial charge in [0.2, 0.25) is 0 Å². The van der Waals surface area contributed by atoms with Crippen molar-refractivity contribution in [2.45, 2.75) is 13.0 Å². The highest BCUT2D eigenvalue weighted by Gasteiger charge is 2.32. The molecule has 0 saturated carbocycles. The van der Waals surface area contributed by atoms with Crippen LogP contribution >= 0.6 is 0 Å². The lowest BCUT2D eigenvalue weighted by atomic mass is 10.0. The average molecular weight is 364 g/mol. The van der Waals surface area contributed by atoms with Crippen LogP contribution in [0.5, 0.6) is 0 Å². The Morgan fingerprint density at radius 2 is 1.32 bits per heavy atom. The summed E-state index contributed by atoms with van der Waals surface area (Å²) in [7, 11) is 0. The predicted octanol–water partition coefficient (Wildman–Crippen LogP) is 5.69. The van der Waals surface area contributed by atoms with Crippen LogP contribution < -0.4 is 0 Å². The summed E-state index contributed by atoms with van der Waals surface area (Å²) in [6, 6.07) is 33.0. The van der Waals surface area contributed by atoms with Gasteiger partial charge >= 0.3 is 0 Å². The monoisotopic (exact) mass is 364 g/mol. The fourth-order valence-electron chi connectivity index (χ4n) is 3.73. The number of ether oxygens (including phenoxy) is 1. The zero-order valence-electron chi connectivity index (χ0n) is 15.6. The molecular formula is C25H20N2O. The third kappa shape index (κ3) is 2.81. The van der Waals surface area contributed by atoms with Crippen molar-refractivity contribution in [3.63, 3.8) is 0 Å². The van der Waals surface area contributed by atoms with Gasteiger partial charge < -0.3 is 4.74 Å². The maximum atomic E-state index is 6.68. The first-order chi connectivity index (χ1) is 13.8. The molecule has 0 N–H and O–H groups in total. The topological polar surface area (TPSA) is 27.1 Å². The van der Waals surface area contributed by atoms with Crippen molar-refractivity contribution in [2.24, 2.45) is 0 Å². The third-order valence-corrected chi connectivity index (χ3v) is 4.98. The van der Waals surface area contributed by atoms with Crippen LogP contribution in [0.25, 0.3) is 11.5 Å². The van der Waals surface area contributed by atoms with E-state index in [1.807, 2.05) is 66.2 Å². The highest BCUT2D eigenvalue weighted by molar-refractivity contribution is 5.88. The molecule has 3 nitrogen and oxygen atoms in total. The van der Waals surface area contributed by atoms with Crippen molar-refractivity contribution in [2.75, 3.05) is 0 Å². The highest BCUT2D eigenvalue weighted by Crippen LogP contribution is 2.42. The molecule has 4 aromatic rings. The molecule has 0 spiro atoms. The summed E-state index contributed by atoms with van der Waals surface area (Å²) in [6.07, 6.45) is -0.204. The molecule has 3 heteroatoms. The summed E-state index contributed by atoms with van der Waals surface area (Å²) in [5.74, 6) is 0.844. The Bertz CT molecular complexity index is 1130. The number of nitrogens with zero attached hydrogens (tertiary/aromatic N) is 2. The molecule has 0 saturated heterocycles. The molecule has 3 aromatic carbocycles. The van der Waals surface area contributed by atoms with E-state index < -0.39 is 0 Å². The molecule has 0 bridgehead atoms.